The lowest BCUT2D eigenvalue weighted by Crippen LogP contribution is -2.52. The minimum absolute atomic E-state index is 0.00799. The van der Waals surface area contributed by atoms with Gasteiger partial charge in [0.05, 0.1) is 11.2 Å². The zero-order chi connectivity index (χ0) is 28.7. The number of hydrogen-bond acceptors (Lipinski definition) is 6. The van der Waals surface area contributed by atoms with Crippen molar-refractivity contribution in [3.63, 3.8) is 0 Å². The van der Waals surface area contributed by atoms with E-state index in [-0.39, 0.29) is 24.1 Å². The first-order valence-electron chi connectivity index (χ1n) is 13.1. The van der Waals surface area contributed by atoms with Crippen LogP contribution >= 0.6 is 0 Å². The van der Waals surface area contributed by atoms with Gasteiger partial charge in [0.2, 0.25) is 4.87 Å². The zero-order valence-electron chi connectivity index (χ0n) is 22.1. The lowest BCUT2D eigenvalue weighted by Gasteiger charge is -2.40. The first kappa shape index (κ1) is 28.0. The summed E-state index contributed by atoms with van der Waals surface area (Å²) in [4.78, 5) is 1.49. The van der Waals surface area contributed by atoms with Gasteiger partial charge in [-0.1, -0.05) is 93.4 Å². The number of hydrogen-bond donors (Lipinski definition) is 3. The zero-order valence-corrected chi connectivity index (χ0v) is 23.8. The van der Waals surface area contributed by atoms with Crippen LogP contribution in [0.5, 0.6) is 0 Å². The average molecular weight is 579 g/mol. The van der Waals surface area contributed by atoms with Crippen molar-refractivity contribution < 1.29 is 25.9 Å². The van der Waals surface area contributed by atoms with E-state index in [2.05, 4.69) is 5.32 Å². The van der Waals surface area contributed by atoms with Crippen LogP contribution in [0.3, 0.4) is 0 Å². The van der Waals surface area contributed by atoms with E-state index in [1.54, 1.807) is 37.3 Å². The number of anilines is 1. The molecule has 0 saturated heterocycles. The molecule has 4 aromatic rings. The van der Waals surface area contributed by atoms with Crippen LogP contribution < -0.4 is 5.32 Å². The van der Waals surface area contributed by atoms with Crippen LogP contribution in [0.4, 0.5) is 5.69 Å². The molecular weight excluding hydrogens is 548 g/mol. The highest BCUT2D eigenvalue weighted by Gasteiger charge is 2.55. The quantitative estimate of drug-likeness (QED) is 0.207. The third kappa shape index (κ3) is 4.71. The Bertz CT molecular complexity index is 1840. The van der Waals surface area contributed by atoms with Gasteiger partial charge < -0.3 is 5.32 Å². The summed E-state index contributed by atoms with van der Waals surface area (Å²) in [6.45, 7) is 3.70. The summed E-state index contributed by atoms with van der Waals surface area (Å²) in [7, 11) is -10.4. The number of aryl methyl sites for hydroxylation is 1. The van der Waals surface area contributed by atoms with Crippen LogP contribution in [0, 0.1) is 0 Å². The van der Waals surface area contributed by atoms with Crippen molar-refractivity contribution in [3.05, 3.63) is 101 Å². The van der Waals surface area contributed by atoms with Crippen molar-refractivity contribution in [1.29, 1.82) is 0 Å². The van der Waals surface area contributed by atoms with Crippen LogP contribution in [-0.2, 0) is 26.7 Å². The van der Waals surface area contributed by atoms with Crippen LogP contribution in [0.15, 0.2) is 83.8 Å². The molecule has 1 aliphatic rings. The van der Waals surface area contributed by atoms with Gasteiger partial charge in [-0.2, -0.15) is 16.8 Å². The van der Waals surface area contributed by atoms with Crippen molar-refractivity contribution in [3.8, 4) is 11.1 Å². The molecule has 0 spiro atoms. The highest BCUT2D eigenvalue weighted by molar-refractivity contribution is 7.94. The predicted octanol–water partition coefficient (Wildman–Crippen LogP) is 6.31. The first-order valence-corrected chi connectivity index (χ1v) is 15.9. The van der Waals surface area contributed by atoms with Crippen molar-refractivity contribution in [2.24, 2.45) is 0 Å². The molecule has 1 atom stereocenters. The molecule has 0 aliphatic carbocycles. The standard InChI is InChI=1S/C30H30N2O6S2/c1-3-11-23-17-16-22-19-24(20-12-7-5-8-13-20)26-25(21-14-9-6-10-15-21)29(39(33,34)35)30(18-4-2,40(36,37)38)32-28(26)27(22)31-23/h5-10,12-17,19,32H,3-4,11,18H2,1-2H3,(H,33,34,35)(H,36,37,38). The fraction of sp³-hybridized carbons (Fsp3) is 0.233. The minimum Gasteiger partial charge on any atom is -0.358 e. The Labute approximate surface area is 234 Å². The molecule has 5 rings (SSSR count). The molecule has 8 nitrogen and oxygen atoms in total. The second kappa shape index (κ2) is 10.4. The van der Waals surface area contributed by atoms with Gasteiger partial charge in [0, 0.05) is 22.2 Å². The summed E-state index contributed by atoms with van der Waals surface area (Å²) in [5.74, 6) is 0. The number of rotatable bonds is 8. The maximum absolute atomic E-state index is 13.3. The number of pyridine rings is 1. The van der Waals surface area contributed by atoms with Gasteiger partial charge in [-0.05, 0) is 41.7 Å². The maximum atomic E-state index is 13.3. The largest absolute Gasteiger partial charge is 0.358 e. The van der Waals surface area contributed by atoms with E-state index < -0.39 is 30.0 Å². The van der Waals surface area contributed by atoms with Crippen molar-refractivity contribution in [2.45, 2.75) is 44.4 Å². The molecule has 10 heteroatoms. The molecular formula is C30H30N2O6S2. The summed E-state index contributed by atoms with van der Waals surface area (Å²) in [6.07, 6.45) is 1.36. The van der Waals surface area contributed by atoms with E-state index in [0.29, 0.717) is 34.0 Å². The third-order valence-corrected chi connectivity index (χ3v) is 9.75. The van der Waals surface area contributed by atoms with Gasteiger partial charge >= 0.3 is 0 Å². The molecule has 3 N–H and O–H groups in total. The molecule has 0 bridgehead atoms. The van der Waals surface area contributed by atoms with Crippen LogP contribution in [0.1, 0.15) is 49.9 Å². The van der Waals surface area contributed by atoms with Gasteiger partial charge in [0.25, 0.3) is 20.2 Å². The van der Waals surface area contributed by atoms with Crippen LogP contribution in [-0.4, -0.2) is 35.8 Å². The van der Waals surface area contributed by atoms with Crippen molar-refractivity contribution >= 4 is 42.4 Å². The van der Waals surface area contributed by atoms with E-state index in [0.717, 1.165) is 17.7 Å². The Morgan fingerprint density at radius 2 is 1.45 bits per heavy atom. The van der Waals surface area contributed by atoms with E-state index in [1.807, 2.05) is 55.5 Å². The molecule has 1 unspecified atom stereocenters. The van der Waals surface area contributed by atoms with E-state index >= 15 is 0 Å². The minimum atomic E-state index is -5.19. The van der Waals surface area contributed by atoms with E-state index in [4.69, 9.17) is 4.98 Å². The molecule has 1 aliphatic heterocycles. The molecule has 0 radical (unpaired) electrons. The Morgan fingerprint density at radius 1 is 0.825 bits per heavy atom. The molecule has 3 aromatic carbocycles. The lowest BCUT2D eigenvalue weighted by atomic mass is 9.83. The number of fused-ring (bicyclic) bond motifs is 3. The van der Waals surface area contributed by atoms with Gasteiger partial charge in [-0.25, -0.2) is 0 Å². The molecule has 0 saturated carbocycles. The van der Waals surface area contributed by atoms with Gasteiger partial charge in [-0.15, -0.1) is 0 Å². The van der Waals surface area contributed by atoms with Crippen LogP contribution in [0.25, 0.3) is 27.6 Å². The second-order valence-electron chi connectivity index (χ2n) is 9.89. The summed E-state index contributed by atoms with van der Waals surface area (Å²) >= 11 is 0. The smallest absolute Gasteiger partial charge is 0.294 e. The normalized spacial score (nSPS) is 17.5. The summed E-state index contributed by atoms with van der Waals surface area (Å²) < 4.78 is 74.4. The summed E-state index contributed by atoms with van der Waals surface area (Å²) in [5.41, 5.74) is 3.58. The fourth-order valence-corrected chi connectivity index (χ4v) is 8.27. The Hall–Kier alpha value is -3.57. The summed E-state index contributed by atoms with van der Waals surface area (Å²) in [5, 5.41) is 3.63. The lowest BCUT2D eigenvalue weighted by molar-refractivity contribution is 0.436. The molecule has 0 fully saturated rings. The predicted molar refractivity (Wildman–Crippen MR) is 158 cm³/mol. The third-order valence-electron chi connectivity index (χ3n) is 7.16. The van der Waals surface area contributed by atoms with E-state index in [1.165, 1.54) is 0 Å². The average Bonchev–Trinajstić information content (AvgIpc) is 2.92. The summed E-state index contributed by atoms with van der Waals surface area (Å²) in [6, 6.07) is 23.4. The molecule has 208 valence electrons. The molecule has 2 heterocycles. The number of benzene rings is 3. The highest BCUT2D eigenvalue weighted by Crippen LogP contribution is 2.53. The van der Waals surface area contributed by atoms with Crippen LogP contribution in [0.2, 0.25) is 0 Å². The molecule has 40 heavy (non-hydrogen) atoms. The fourth-order valence-electron chi connectivity index (χ4n) is 5.56. The SMILES string of the molecule is CCCc1ccc2cc(-c3ccccc3)c3c(c2n1)NC(CCC)(S(=O)(=O)O)C(S(=O)(=O)O)=C3c1ccccc1. The van der Waals surface area contributed by atoms with Gasteiger partial charge in [-0.3, -0.25) is 14.1 Å². The van der Waals surface area contributed by atoms with Gasteiger partial charge in [0.1, 0.15) is 4.91 Å². The monoisotopic (exact) mass is 578 g/mol. The van der Waals surface area contributed by atoms with E-state index in [9.17, 15) is 25.9 Å². The highest BCUT2D eigenvalue weighted by atomic mass is 32.2. The second-order valence-corrected chi connectivity index (χ2v) is 12.9. The van der Waals surface area contributed by atoms with Crippen molar-refractivity contribution in [1.82, 2.24) is 4.98 Å². The molecule has 0 amide bonds. The maximum Gasteiger partial charge on any atom is 0.294 e. The number of nitrogens with zero attached hydrogens (tertiary/aromatic N) is 1. The molecule has 1 aromatic heterocycles. The topological polar surface area (TPSA) is 134 Å². The van der Waals surface area contributed by atoms with Gasteiger partial charge in [0.15, 0.2) is 0 Å². The number of nitrogens with one attached hydrogen (secondary N) is 1. The Kier molecular flexibility index (Phi) is 7.30. The van der Waals surface area contributed by atoms with Crippen molar-refractivity contribution in [2.75, 3.05) is 5.32 Å². The Morgan fingerprint density at radius 3 is 2.00 bits per heavy atom. The number of aromatic nitrogens is 1. The first-order chi connectivity index (χ1) is 19.0. The Balaban J connectivity index is 2.09.